The predicted octanol–water partition coefficient (Wildman–Crippen LogP) is 23.9. The number of hydrogen-bond donors (Lipinski definition) is 3. The summed E-state index contributed by atoms with van der Waals surface area (Å²) in [5.74, 6) is -0.436. The number of esters is 4. The first-order valence-electron chi connectivity index (χ1n) is 41.5. The third-order valence-electron chi connectivity index (χ3n) is 19.1. The molecule has 19 heteroatoms. The fraction of sp³-hybridized carbons (Fsp3) is 0.950. The Labute approximate surface area is 607 Å². The molecule has 0 fully saturated rings. The molecule has 0 aliphatic heterocycles. The highest BCUT2D eigenvalue weighted by molar-refractivity contribution is 7.47. The van der Waals surface area contributed by atoms with E-state index in [1.54, 1.807) is 0 Å². The molecule has 0 radical (unpaired) electrons. The summed E-state index contributed by atoms with van der Waals surface area (Å²) in [7, 11) is -9.91. The van der Waals surface area contributed by atoms with Gasteiger partial charge in [-0.05, 0) is 37.5 Å². The molecule has 3 unspecified atom stereocenters. The summed E-state index contributed by atoms with van der Waals surface area (Å²) < 4.78 is 68.5. The van der Waals surface area contributed by atoms with E-state index in [1.165, 1.54) is 231 Å². The molecule has 0 saturated carbocycles. The van der Waals surface area contributed by atoms with Gasteiger partial charge in [-0.15, -0.1) is 0 Å². The molecule has 17 nitrogen and oxygen atoms in total. The van der Waals surface area contributed by atoms with Crippen LogP contribution >= 0.6 is 15.6 Å². The van der Waals surface area contributed by atoms with Crippen LogP contribution in [0.4, 0.5) is 0 Å². The predicted molar refractivity (Wildman–Crippen MR) is 405 cm³/mol. The second kappa shape index (κ2) is 71.7. The van der Waals surface area contributed by atoms with Gasteiger partial charge in [-0.1, -0.05) is 369 Å². The Hall–Kier alpha value is -1.94. The second-order valence-electron chi connectivity index (χ2n) is 29.5. The molecule has 3 N–H and O–H groups in total. The van der Waals surface area contributed by atoms with E-state index >= 15 is 0 Å². The molecule has 0 rings (SSSR count). The molecule has 588 valence electrons. The Morgan fingerprint density at radius 1 is 0.293 bits per heavy atom. The van der Waals surface area contributed by atoms with E-state index in [4.69, 9.17) is 37.0 Å². The average Bonchev–Trinajstić information content (AvgIpc) is 1.00. The van der Waals surface area contributed by atoms with Gasteiger partial charge in [-0.3, -0.25) is 37.3 Å². The maximum absolute atomic E-state index is 13.1. The minimum atomic E-state index is -4.96. The Kier molecular flexibility index (Phi) is 70.3. The highest BCUT2D eigenvalue weighted by Gasteiger charge is 2.30. The minimum Gasteiger partial charge on any atom is -0.462 e. The van der Waals surface area contributed by atoms with E-state index in [0.717, 1.165) is 108 Å². The largest absolute Gasteiger partial charge is 0.472 e. The first-order valence-corrected chi connectivity index (χ1v) is 44.5. The molecule has 0 aliphatic carbocycles. The lowest BCUT2D eigenvalue weighted by Gasteiger charge is -2.21. The van der Waals surface area contributed by atoms with Crippen molar-refractivity contribution in [1.82, 2.24) is 0 Å². The van der Waals surface area contributed by atoms with Gasteiger partial charge in [-0.2, -0.15) is 0 Å². The molecule has 0 aromatic heterocycles. The first kappa shape index (κ1) is 97.1. The highest BCUT2D eigenvalue weighted by Crippen LogP contribution is 2.45. The molecule has 0 heterocycles. The summed E-state index contributed by atoms with van der Waals surface area (Å²) >= 11 is 0. The van der Waals surface area contributed by atoms with E-state index in [9.17, 15) is 43.2 Å². The van der Waals surface area contributed by atoms with Crippen LogP contribution in [0.1, 0.15) is 420 Å². The Morgan fingerprint density at radius 3 is 0.768 bits per heavy atom. The average molecular weight is 1450 g/mol. The van der Waals surface area contributed by atoms with Gasteiger partial charge in [0.25, 0.3) is 0 Å². The van der Waals surface area contributed by atoms with Crippen LogP contribution in [0.15, 0.2) is 0 Å². The standard InChI is InChI=1S/C80H156O17P2/c1-7-10-12-14-16-18-32-40-46-52-58-64-79(84)96-75(68-90-77(82)62-56-50-44-17-15-13-11-8-2)70-94-98(86,87)92-66-74(81)67-93-99(88,89)95-71-76(69-91-78(83)63-57-51-45-39-35-30-27-23-24-28-33-37-42-48-54-60-72(4)5)97-80(85)65-59-53-47-41-36-31-26-22-20-19-21-25-29-34-38-43-49-55-61-73(6)9-3/h72-76,81H,7-71H2,1-6H3,(H,86,87)(H,88,89)/t73?,74-,75+,76+/m0/s1. The van der Waals surface area contributed by atoms with Crippen molar-refractivity contribution < 1.29 is 80.2 Å². The van der Waals surface area contributed by atoms with Crippen LogP contribution in [0.3, 0.4) is 0 Å². The smallest absolute Gasteiger partial charge is 0.462 e. The van der Waals surface area contributed by atoms with Crippen molar-refractivity contribution in [1.29, 1.82) is 0 Å². The number of rotatable bonds is 79. The number of unbranched alkanes of at least 4 members (excludes halogenated alkanes) is 48. The molecular weight excluding hydrogens is 1290 g/mol. The fourth-order valence-electron chi connectivity index (χ4n) is 12.3. The quantitative estimate of drug-likeness (QED) is 0.0222. The van der Waals surface area contributed by atoms with Gasteiger partial charge in [-0.25, -0.2) is 9.13 Å². The number of carbonyl (C=O) groups is 4. The lowest BCUT2D eigenvalue weighted by molar-refractivity contribution is -0.161. The summed E-state index contributed by atoms with van der Waals surface area (Å²) in [6, 6.07) is 0. The normalized spacial score (nSPS) is 14.2. The number of aliphatic hydroxyl groups is 1. The maximum Gasteiger partial charge on any atom is 0.472 e. The van der Waals surface area contributed by atoms with Crippen molar-refractivity contribution in [2.45, 2.75) is 439 Å². The first-order chi connectivity index (χ1) is 47.9. The lowest BCUT2D eigenvalue weighted by atomic mass is 9.99. The molecule has 6 atom stereocenters. The van der Waals surface area contributed by atoms with E-state index in [-0.39, 0.29) is 25.7 Å². The number of carbonyl (C=O) groups excluding carboxylic acids is 4. The molecule has 0 aliphatic rings. The molecular formula is C80H156O17P2. The van der Waals surface area contributed by atoms with Crippen LogP contribution in [0.25, 0.3) is 0 Å². The minimum absolute atomic E-state index is 0.107. The highest BCUT2D eigenvalue weighted by atomic mass is 31.2. The van der Waals surface area contributed by atoms with Crippen LogP contribution in [0.2, 0.25) is 0 Å². The number of phosphoric acid groups is 2. The Bertz CT molecular complexity index is 1910. The number of hydrogen-bond acceptors (Lipinski definition) is 15. The van der Waals surface area contributed by atoms with Crippen molar-refractivity contribution in [3.05, 3.63) is 0 Å². The summed E-state index contributed by atoms with van der Waals surface area (Å²) in [6.45, 7) is 9.69. The zero-order valence-electron chi connectivity index (χ0n) is 64.8. The second-order valence-corrected chi connectivity index (χ2v) is 32.4. The molecule has 0 saturated heterocycles. The number of aliphatic hydroxyl groups excluding tert-OH is 1. The molecule has 0 bridgehead atoms. The molecule has 0 aromatic carbocycles. The summed E-state index contributed by atoms with van der Waals surface area (Å²) in [5.41, 5.74) is 0. The van der Waals surface area contributed by atoms with Crippen LogP contribution in [0.5, 0.6) is 0 Å². The van der Waals surface area contributed by atoms with Crippen molar-refractivity contribution in [3.8, 4) is 0 Å². The summed E-state index contributed by atoms with van der Waals surface area (Å²) in [6.07, 6.45) is 61.1. The van der Waals surface area contributed by atoms with Gasteiger partial charge in [0.15, 0.2) is 12.2 Å². The van der Waals surface area contributed by atoms with Crippen molar-refractivity contribution in [2.24, 2.45) is 11.8 Å². The maximum atomic E-state index is 13.1. The Balaban J connectivity index is 5.17. The monoisotopic (exact) mass is 1450 g/mol. The van der Waals surface area contributed by atoms with Gasteiger partial charge in [0.1, 0.15) is 19.3 Å². The zero-order valence-corrected chi connectivity index (χ0v) is 66.6. The van der Waals surface area contributed by atoms with Crippen LogP contribution < -0.4 is 0 Å². The van der Waals surface area contributed by atoms with E-state index in [2.05, 4.69) is 41.5 Å². The molecule has 0 spiro atoms. The fourth-order valence-corrected chi connectivity index (χ4v) is 13.9. The topological polar surface area (TPSA) is 237 Å². The SMILES string of the molecule is CCCCCCCCCCCCCC(=O)O[C@H](COC(=O)CCCCCCCCCC)COP(=O)(O)OC[C@H](O)COP(=O)(O)OC[C@@H](COC(=O)CCCCCCCCCCCCCCCCCC(C)C)OC(=O)CCCCCCCCCCCCCCCCCCCCC(C)CC. The van der Waals surface area contributed by atoms with Gasteiger partial charge >= 0.3 is 39.5 Å². The van der Waals surface area contributed by atoms with Gasteiger partial charge in [0.05, 0.1) is 26.4 Å². The summed E-state index contributed by atoms with van der Waals surface area (Å²) in [4.78, 5) is 72.8. The van der Waals surface area contributed by atoms with E-state index in [0.29, 0.717) is 25.7 Å². The van der Waals surface area contributed by atoms with Crippen LogP contribution in [0, 0.1) is 11.8 Å². The van der Waals surface area contributed by atoms with Gasteiger partial charge in [0.2, 0.25) is 0 Å². The van der Waals surface area contributed by atoms with Crippen molar-refractivity contribution >= 4 is 39.5 Å². The van der Waals surface area contributed by atoms with Crippen LogP contribution in [-0.4, -0.2) is 96.7 Å². The Morgan fingerprint density at radius 2 is 0.515 bits per heavy atom. The number of ether oxygens (including phenoxy) is 4. The van der Waals surface area contributed by atoms with Gasteiger partial charge < -0.3 is 33.8 Å². The van der Waals surface area contributed by atoms with E-state index < -0.39 is 97.5 Å². The van der Waals surface area contributed by atoms with Crippen molar-refractivity contribution in [2.75, 3.05) is 39.6 Å². The number of phosphoric ester groups is 2. The van der Waals surface area contributed by atoms with Crippen LogP contribution in [-0.2, 0) is 65.4 Å². The molecule has 0 aromatic rings. The third kappa shape index (κ3) is 72.8. The van der Waals surface area contributed by atoms with E-state index in [1.807, 2.05) is 0 Å². The van der Waals surface area contributed by atoms with Gasteiger partial charge in [0, 0.05) is 25.7 Å². The molecule has 0 amide bonds. The zero-order chi connectivity index (χ0) is 72.8. The van der Waals surface area contributed by atoms with Crippen molar-refractivity contribution in [3.63, 3.8) is 0 Å². The molecule has 99 heavy (non-hydrogen) atoms. The third-order valence-corrected chi connectivity index (χ3v) is 21.0. The summed E-state index contributed by atoms with van der Waals surface area (Å²) in [5, 5.41) is 10.6. The lowest BCUT2D eigenvalue weighted by Crippen LogP contribution is -2.30.